The molecule has 5 N–H and O–H groups in total. The number of hydrogen-bond donors (Lipinski definition) is 4. The largest absolute Gasteiger partial charge is 0.346 e. The summed E-state index contributed by atoms with van der Waals surface area (Å²) in [5, 5.41) is 8.09. The summed E-state index contributed by atoms with van der Waals surface area (Å²) in [4.78, 5) is 36.0. The van der Waals surface area contributed by atoms with Crippen molar-refractivity contribution in [3.63, 3.8) is 0 Å². The molecule has 0 bridgehead atoms. The number of hydrogen-bond acceptors (Lipinski definition) is 4. The fraction of sp³-hybridized carbons (Fsp3) is 0.526. The van der Waals surface area contributed by atoms with Gasteiger partial charge in [0.2, 0.25) is 17.7 Å². The van der Waals surface area contributed by atoms with Gasteiger partial charge in [-0.1, -0.05) is 40.7 Å². The maximum Gasteiger partial charge on any atom is 0.243 e. The van der Waals surface area contributed by atoms with Crippen molar-refractivity contribution in [1.29, 1.82) is 0 Å². The fourth-order valence-electron chi connectivity index (χ4n) is 1.94. The minimum atomic E-state index is -0.652. The third-order valence-electron chi connectivity index (χ3n) is 3.89. The van der Waals surface area contributed by atoms with Crippen LogP contribution in [0, 0.1) is 18.3 Å². The smallest absolute Gasteiger partial charge is 0.243 e. The SMILES string of the molecule is Cc1ccc(NC(=O)C(C)(C)C)cc1NC(=O)CNC(=O)[C@@H](N)C(C)C. The van der Waals surface area contributed by atoms with E-state index in [4.69, 9.17) is 5.73 Å². The van der Waals surface area contributed by atoms with Gasteiger partial charge in [0.05, 0.1) is 12.6 Å². The first kappa shape index (κ1) is 21.6. The third-order valence-corrected chi connectivity index (χ3v) is 3.89. The zero-order chi connectivity index (χ0) is 20.1. The summed E-state index contributed by atoms with van der Waals surface area (Å²) >= 11 is 0. The Hall–Kier alpha value is -2.41. The minimum Gasteiger partial charge on any atom is -0.346 e. The molecular weight excluding hydrogens is 332 g/mol. The number of carbonyl (C=O) groups excluding carboxylic acids is 3. The van der Waals surface area contributed by atoms with Gasteiger partial charge in [0.15, 0.2) is 0 Å². The Morgan fingerprint density at radius 2 is 1.73 bits per heavy atom. The summed E-state index contributed by atoms with van der Waals surface area (Å²) in [5.41, 5.74) is 7.23. The van der Waals surface area contributed by atoms with Crippen LogP contribution < -0.4 is 21.7 Å². The van der Waals surface area contributed by atoms with Crippen molar-refractivity contribution in [3.05, 3.63) is 23.8 Å². The number of benzene rings is 1. The first-order chi connectivity index (χ1) is 11.9. The normalized spacial score (nSPS) is 12.5. The maximum absolute atomic E-state index is 12.1. The van der Waals surface area contributed by atoms with E-state index in [0.29, 0.717) is 11.4 Å². The van der Waals surface area contributed by atoms with Gasteiger partial charge in [0.1, 0.15) is 0 Å². The molecule has 0 spiro atoms. The molecule has 0 radical (unpaired) electrons. The molecule has 7 nitrogen and oxygen atoms in total. The van der Waals surface area contributed by atoms with E-state index in [1.807, 2.05) is 41.5 Å². The van der Waals surface area contributed by atoms with Crippen LogP contribution in [0.1, 0.15) is 40.2 Å². The first-order valence-electron chi connectivity index (χ1n) is 8.67. The summed E-state index contributed by atoms with van der Waals surface area (Å²) in [6.07, 6.45) is 0. The second-order valence-corrected chi connectivity index (χ2v) is 7.77. The molecule has 1 rings (SSSR count). The highest BCUT2D eigenvalue weighted by Gasteiger charge is 2.21. The molecule has 0 fully saturated rings. The van der Waals surface area contributed by atoms with E-state index in [9.17, 15) is 14.4 Å². The van der Waals surface area contributed by atoms with E-state index < -0.39 is 11.5 Å². The lowest BCUT2D eigenvalue weighted by atomic mass is 9.95. The molecule has 0 saturated heterocycles. The summed E-state index contributed by atoms with van der Waals surface area (Å²) < 4.78 is 0. The molecule has 0 aromatic heterocycles. The van der Waals surface area contributed by atoms with Crippen molar-refractivity contribution in [1.82, 2.24) is 5.32 Å². The number of anilines is 2. The van der Waals surface area contributed by atoms with E-state index in [-0.39, 0.29) is 30.2 Å². The van der Waals surface area contributed by atoms with Gasteiger partial charge in [-0.15, -0.1) is 0 Å². The third kappa shape index (κ3) is 6.48. The lowest BCUT2D eigenvalue weighted by Gasteiger charge is -2.19. The van der Waals surface area contributed by atoms with E-state index in [2.05, 4.69) is 16.0 Å². The second-order valence-electron chi connectivity index (χ2n) is 7.77. The van der Waals surface area contributed by atoms with Crippen LogP contribution in [0.15, 0.2) is 18.2 Å². The van der Waals surface area contributed by atoms with Gasteiger partial charge < -0.3 is 21.7 Å². The van der Waals surface area contributed by atoms with Crippen molar-refractivity contribution < 1.29 is 14.4 Å². The van der Waals surface area contributed by atoms with E-state index in [1.165, 1.54) is 0 Å². The van der Waals surface area contributed by atoms with Crippen LogP contribution in [-0.4, -0.2) is 30.3 Å². The molecule has 1 aromatic rings. The van der Waals surface area contributed by atoms with Crippen LogP contribution in [-0.2, 0) is 14.4 Å². The average Bonchev–Trinajstić information content (AvgIpc) is 2.53. The zero-order valence-electron chi connectivity index (χ0n) is 16.4. The molecule has 0 saturated carbocycles. The summed E-state index contributed by atoms with van der Waals surface area (Å²) in [6, 6.07) is 4.62. The second kappa shape index (κ2) is 8.80. The van der Waals surface area contributed by atoms with Gasteiger partial charge in [-0.2, -0.15) is 0 Å². The highest BCUT2D eigenvalue weighted by molar-refractivity contribution is 5.98. The Labute approximate surface area is 155 Å². The molecule has 26 heavy (non-hydrogen) atoms. The Kier molecular flexibility index (Phi) is 7.32. The molecule has 7 heteroatoms. The topological polar surface area (TPSA) is 113 Å². The molecule has 0 aliphatic heterocycles. The number of nitrogens with one attached hydrogen (secondary N) is 3. The lowest BCUT2D eigenvalue weighted by Crippen LogP contribution is -2.46. The van der Waals surface area contributed by atoms with Crippen molar-refractivity contribution in [2.24, 2.45) is 17.1 Å². The van der Waals surface area contributed by atoms with E-state index >= 15 is 0 Å². The van der Waals surface area contributed by atoms with Crippen LogP contribution in [0.4, 0.5) is 11.4 Å². The number of nitrogens with two attached hydrogens (primary N) is 1. The molecule has 1 aromatic carbocycles. The van der Waals surface area contributed by atoms with Crippen LogP contribution in [0.25, 0.3) is 0 Å². The van der Waals surface area contributed by atoms with Crippen molar-refractivity contribution in [2.75, 3.05) is 17.2 Å². The molecule has 3 amide bonds. The van der Waals surface area contributed by atoms with Gasteiger partial charge >= 0.3 is 0 Å². The Morgan fingerprint density at radius 1 is 1.12 bits per heavy atom. The summed E-state index contributed by atoms with van der Waals surface area (Å²) in [6.45, 7) is 10.8. The zero-order valence-corrected chi connectivity index (χ0v) is 16.4. The first-order valence-corrected chi connectivity index (χ1v) is 8.67. The van der Waals surface area contributed by atoms with Crippen molar-refractivity contribution in [2.45, 2.75) is 47.6 Å². The van der Waals surface area contributed by atoms with Gasteiger partial charge in [0.25, 0.3) is 0 Å². The predicted octanol–water partition coefficient (Wildman–Crippen LogP) is 2.02. The van der Waals surface area contributed by atoms with E-state index in [1.54, 1.807) is 18.2 Å². The minimum absolute atomic E-state index is 0.0107. The van der Waals surface area contributed by atoms with Gasteiger partial charge in [-0.25, -0.2) is 0 Å². The molecule has 144 valence electrons. The summed E-state index contributed by atoms with van der Waals surface area (Å²) in [7, 11) is 0. The van der Waals surface area contributed by atoms with Crippen LogP contribution >= 0.6 is 0 Å². The highest BCUT2D eigenvalue weighted by Crippen LogP contribution is 2.22. The molecule has 0 aliphatic carbocycles. The Bertz CT molecular complexity index is 678. The number of aryl methyl sites for hydroxylation is 1. The molecule has 0 heterocycles. The van der Waals surface area contributed by atoms with Crippen LogP contribution in [0.5, 0.6) is 0 Å². The lowest BCUT2D eigenvalue weighted by molar-refractivity contribution is -0.125. The van der Waals surface area contributed by atoms with Crippen molar-refractivity contribution in [3.8, 4) is 0 Å². The standard InChI is InChI=1S/C19H30N4O3/c1-11(2)16(20)17(25)21-10-15(24)23-14-9-13(8-7-12(14)3)22-18(26)19(4,5)6/h7-9,11,16H,10,20H2,1-6H3,(H,21,25)(H,22,26)(H,23,24)/t16-/m0/s1. The monoisotopic (exact) mass is 362 g/mol. The molecular formula is C19H30N4O3. The molecule has 0 unspecified atom stereocenters. The number of carbonyl (C=O) groups is 3. The fourth-order valence-corrected chi connectivity index (χ4v) is 1.94. The van der Waals surface area contributed by atoms with Gasteiger partial charge in [-0.3, -0.25) is 14.4 Å². The van der Waals surface area contributed by atoms with Crippen molar-refractivity contribution >= 4 is 29.1 Å². The summed E-state index contributed by atoms with van der Waals surface area (Å²) in [5.74, 6) is -0.855. The Balaban J connectivity index is 2.71. The average molecular weight is 362 g/mol. The number of amides is 3. The Morgan fingerprint density at radius 3 is 2.27 bits per heavy atom. The quantitative estimate of drug-likeness (QED) is 0.620. The van der Waals surface area contributed by atoms with Crippen LogP contribution in [0.3, 0.4) is 0 Å². The number of rotatable bonds is 6. The van der Waals surface area contributed by atoms with Gasteiger partial charge in [0, 0.05) is 16.8 Å². The van der Waals surface area contributed by atoms with Gasteiger partial charge in [-0.05, 0) is 30.5 Å². The highest BCUT2D eigenvalue weighted by atomic mass is 16.2. The maximum atomic E-state index is 12.1. The molecule has 1 atom stereocenters. The molecule has 0 aliphatic rings. The van der Waals surface area contributed by atoms with E-state index in [0.717, 1.165) is 5.56 Å². The van der Waals surface area contributed by atoms with Crippen LogP contribution in [0.2, 0.25) is 0 Å². The predicted molar refractivity (Wildman–Crippen MR) is 104 cm³/mol.